The van der Waals surface area contributed by atoms with Crippen molar-refractivity contribution in [1.29, 1.82) is 0 Å². The second-order valence-corrected chi connectivity index (χ2v) is 5.25. The van der Waals surface area contributed by atoms with Gasteiger partial charge in [-0.15, -0.1) is 0 Å². The summed E-state index contributed by atoms with van der Waals surface area (Å²) in [5, 5.41) is 1.27. The third-order valence-corrected chi connectivity index (χ3v) is 3.81. The molecule has 0 spiro atoms. The van der Waals surface area contributed by atoms with Crippen molar-refractivity contribution >= 4 is 10.9 Å². The first-order chi connectivity index (χ1) is 10.3. The zero-order chi connectivity index (χ0) is 14.7. The highest BCUT2D eigenvalue weighted by Gasteiger charge is 2.10. The molecule has 3 N–H and O–H groups in total. The van der Waals surface area contributed by atoms with Gasteiger partial charge in [0.05, 0.1) is 13.7 Å². The van der Waals surface area contributed by atoms with Gasteiger partial charge in [-0.25, -0.2) is 0 Å². The molecule has 0 atom stereocenters. The molecule has 2 aromatic carbocycles. The van der Waals surface area contributed by atoms with E-state index in [-0.39, 0.29) is 12.4 Å². The molecule has 0 saturated heterocycles. The first kappa shape index (κ1) is 16.4. The molecule has 0 amide bonds. The summed E-state index contributed by atoms with van der Waals surface area (Å²) in [6.45, 7) is 1.79. The highest BCUT2D eigenvalue weighted by Crippen LogP contribution is 2.27. The smallest absolute Gasteiger partial charge is 0.119 e. The van der Waals surface area contributed by atoms with Crippen LogP contribution in [0.25, 0.3) is 10.9 Å². The van der Waals surface area contributed by atoms with Crippen LogP contribution in [-0.4, -0.2) is 18.2 Å². The van der Waals surface area contributed by atoms with Gasteiger partial charge in [0.2, 0.25) is 0 Å². The van der Waals surface area contributed by atoms with Gasteiger partial charge in [-0.1, -0.05) is 30.3 Å². The Hall–Kier alpha value is -1.97. The van der Waals surface area contributed by atoms with E-state index in [4.69, 9.17) is 4.74 Å². The van der Waals surface area contributed by atoms with Gasteiger partial charge in [-0.2, -0.15) is 0 Å². The van der Waals surface area contributed by atoms with Gasteiger partial charge < -0.3 is 27.4 Å². The summed E-state index contributed by atoms with van der Waals surface area (Å²) >= 11 is 0. The molecule has 3 aromatic rings. The van der Waals surface area contributed by atoms with Gasteiger partial charge in [-0.3, -0.25) is 0 Å². The molecule has 0 radical (unpaired) electrons. The Labute approximate surface area is 137 Å². The van der Waals surface area contributed by atoms with Crippen LogP contribution in [0, 0.1) is 0 Å². The zero-order valence-electron chi connectivity index (χ0n) is 12.8. The minimum Gasteiger partial charge on any atom is -1.00 e. The van der Waals surface area contributed by atoms with E-state index >= 15 is 0 Å². The Morgan fingerprint density at radius 2 is 1.86 bits per heavy atom. The number of hydrogen-bond acceptors (Lipinski definition) is 1. The van der Waals surface area contributed by atoms with Gasteiger partial charge in [0, 0.05) is 30.1 Å². The van der Waals surface area contributed by atoms with Crippen LogP contribution in [0.4, 0.5) is 0 Å². The second-order valence-electron chi connectivity index (χ2n) is 5.25. The maximum atomic E-state index is 5.36. The van der Waals surface area contributed by atoms with E-state index in [0.717, 1.165) is 25.3 Å². The van der Waals surface area contributed by atoms with Crippen LogP contribution >= 0.6 is 0 Å². The van der Waals surface area contributed by atoms with E-state index in [9.17, 15) is 0 Å². The third-order valence-electron chi connectivity index (χ3n) is 3.81. The molecule has 0 bridgehead atoms. The van der Waals surface area contributed by atoms with Crippen molar-refractivity contribution < 1.29 is 22.9 Å². The lowest BCUT2D eigenvalue weighted by Gasteiger charge is -2.06. The Morgan fingerprint density at radius 1 is 1.09 bits per heavy atom. The van der Waals surface area contributed by atoms with E-state index in [0.29, 0.717) is 0 Å². The first-order valence-electron chi connectivity index (χ1n) is 7.30. The number of quaternary nitrogens is 1. The molecule has 0 aliphatic carbocycles. The summed E-state index contributed by atoms with van der Waals surface area (Å²) in [6, 6.07) is 16.8. The van der Waals surface area contributed by atoms with Crippen LogP contribution in [-0.2, 0) is 13.0 Å². The molecule has 1 heterocycles. The SMILES string of the molecule is COc1ccc2c(c1)c(CC[NH3+])cn2Cc1ccccc1.[Cl-]. The molecule has 3 rings (SSSR count). The molecular formula is C18H21ClN2O. The summed E-state index contributed by atoms with van der Waals surface area (Å²) in [5.41, 5.74) is 7.89. The Kier molecular flexibility index (Phi) is 5.47. The predicted molar refractivity (Wildman–Crippen MR) is 85.5 cm³/mol. The lowest BCUT2D eigenvalue weighted by Crippen LogP contribution is -3.00. The lowest BCUT2D eigenvalue weighted by molar-refractivity contribution is -0.366. The number of rotatable bonds is 5. The van der Waals surface area contributed by atoms with Crippen molar-refractivity contribution in [1.82, 2.24) is 4.57 Å². The Morgan fingerprint density at radius 3 is 2.55 bits per heavy atom. The lowest BCUT2D eigenvalue weighted by atomic mass is 10.1. The first-order valence-corrected chi connectivity index (χ1v) is 7.30. The molecule has 0 fully saturated rings. The van der Waals surface area contributed by atoms with Crippen LogP contribution in [0.5, 0.6) is 5.75 Å². The predicted octanol–water partition coefficient (Wildman–Crippen LogP) is -0.513. The molecule has 1 aromatic heterocycles. The number of halogens is 1. The fourth-order valence-corrected chi connectivity index (χ4v) is 2.78. The number of aromatic nitrogens is 1. The summed E-state index contributed by atoms with van der Waals surface area (Å²) in [6.07, 6.45) is 3.24. The van der Waals surface area contributed by atoms with E-state index in [1.54, 1.807) is 7.11 Å². The molecule has 0 aliphatic rings. The van der Waals surface area contributed by atoms with E-state index in [1.165, 1.54) is 22.0 Å². The number of methoxy groups -OCH3 is 1. The standard InChI is InChI=1S/C18H20N2O.ClH/c1-21-16-7-8-18-17(11-16)15(9-10-19)13-20(18)12-14-5-3-2-4-6-14;/h2-8,11,13H,9-10,12,19H2,1H3;1H. The molecule has 116 valence electrons. The molecule has 22 heavy (non-hydrogen) atoms. The Balaban J connectivity index is 0.00000176. The van der Waals surface area contributed by atoms with Gasteiger partial charge in [-0.05, 0) is 29.3 Å². The minimum absolute atomic E-state index is 0. The van der Waals surface area contributed by atoms with Gasteiger partial charge >= 0.3 is 0 Å². The number of fused-ring (bicyclic) bond motifs is 1. The number of hydrogen-bond donors (Lipinski definition) is 1. The van der Waals surface area contributed by atoms with Crippen LogP contribution in [0.1, 0.15) is 11.1 Å². The quantitative estimate of drug-likeness (QED) is 0.677. The maximum absolute atomic E-state index is 5.36. The van der Waals surface area contributed by atoms with Crippen molar-refractivity contribution in [2.45, 2.75) is 13.0 Å². The van der Waals surface area contributed by atoms with Crippen LogP contribution < -0.4 is 22.9 Å². The van der Waals surface area contributed by atoms with E-state index < -0.39 is 0 Å². The molecule has 0 unspecified atom stereocenters. The van der Waals surface area contributed by atoms with Crippen molar-refractivity contribution in [2.75, 3.05) is 13.7 Å². The minimum atomic E-state index is 0. The van der Waals surface area contributed by atoms with Crippen molar-refractivity contribution in [2.24, 2.45) is 0 Å². The molecular weight excluding hydrogens is 296 g/mol. The molecule has 0 aliphatic heterocycles. The molecule has 4 heteroatoms. The third kappa shape index (κ3) is 3.26. The number of benzene rings is 2. The number of ether oxygens (including phenoxy) is 1. The summed E-state index contributed by atoms with van der Waals surface area (Å²) in [4.78, 5) is 0. The van der Waals surface area contributed by atoms with Gasteiger partial charge in [0.1, 0.15) is 5.75 Å². The Bertz CT molecular complexity index is 737. The molecule has 3 nitrogen and oxygen atoms in total. The van der Waals surface area contributed by atoms with Crippen LogP contribution in [0.2, 0.25) is 0 Å². The molecule has 0 saturated carbocycles. The summed E-state index contributed by atoms with van der Waals surface area (Å²) in [5.74, 6) is 0.908. The average Bonchev–Trinajstić information content (AvgIpc) is 2.86. The van der Waals surface area contributed by atoms with Gasteiger partial charge in [0.15, 0.2) is 0 Å². The summed E-state index contributed by atoms with van der Waals surface area (Å²) < 4.78 is 7.67. The maximum Gasteiger partial charge on any atom is 0.119 e. The van der Waals surface area contributed by atoms with Crippen molar-refractivity contribution in [3.8, 4) is 5.75 Å². The fraction of sp³-hybridized carbons (Fsp3) is 0.222. The zero-order valence-corrected chi connectivity index (χ0v) is 13.5. The number of nitrogens with zero attached hydrogens (tertiary/aromatic N) is 1. The van der Waals surface area contributed by atoms with Crippen molar-refractivity contribution in [3.63, 3.8) is 0 Å². The normalized spacial score (nSPS) is 10.5. The average molecular weight is 317 g/mol. The highest BCUT2D eigenvalue weighted by molar-refractivity contribution is 5.85. The topological polar surface area (TPSA) is 41.8 Å². The van der Waals surface area contributed by atoms with Gasteiger partial charge in [0.25, 0.3) is 0 Å². The summed E-state index contributed by atoms with van der Waals surface area (Å²) in [7, 11) is 1.71. The largest absolute Gasteiger partial charge is 1.00 e. The van der Waals surface area contributed by atoms with E-state index in [1.807, 2.05) is 6.07 Å². The van der Waals surface area contributed by atoms with E-state index in [2.05, 4.69) is 59.0 Å². The highest BCUT2D eigenvalue weighted by atomic mass is 35.5. The van der Waals surface area contributed by atoms with Crippen LogP contribution in [0.15, 0.2) is 54.7 Å². The second kappa shape index (κ2) is 7.34. The fourth-order valence-electron chi connectivity index (χ4n) is 2.78. The van der Waals surface area contributed by atoms with Crippen LogP contribution in [0.3, 0.4) is 0 Å². The monoisotopic (exact) mass is 316 g/mol. The van der Waals surface area contributed by atoms with Crippen molar-refractivity contribution in [3.05, 3.63) is 65.9 Å².